The molecule has 1 aliphatic rings. The molecule has 0 aliphatic carbocycles. The Kier molecular flexibility index (Phi) is 1.54. The number of ether oxygens (including phenoxy) is 1. The highest BCUT2D eigenvalue weighted by molar-refractivity contribution is 4.90. The largest absolute Gasteiger partial charge is 0.393 e. The predicted molar refractivity (Wildman–Crippen MR) is 30.7 cm³/mol. The van der Waals surface area contributed by atoms with E-state index < -0.39 is 0 Å². The van der Waals surface area contributed by atoms with Gasteiger partial charge in [0, 0.05) is 0 Å². The molecule has 0 aromatic heterocycles. The molecule has 0 aromatic carbocycles. The van der Waals surface area contributed by atoms with Gasteiger partial charge >= 0.3 is 0 Å². The van der Waals surface area contributed by atoms with E-state index >= 15 is 0 Å². The van der Waals surface area contributed by atoms with Crippen LogP contribution in [0, 0.1) is 0 Å². The van der Waals surface area contributed by atoms with E-state index in [9.17, 15) is 0 Å². The minimum atomic E-state index is -0.102. The molecule has 0 aromatic rings. The van der Waals surface area contributed by atoms with Crippen molar-refractivity contribution in [1.29, 1.82) is 0 Å². The average Bonchev–Trinajstić information content (AvgIpc) is 2.50. The molecule has 1 unspecified atom stereocenters. The van der Waals surface area contributed by atoms with Crippen molar-refractivity contribution in [3.05, 3.63) is 0 Å². The van der Waals surface area contributed by atoms with Gasteiger partial charge in [-0.1, -0.05) is 13.3 Å². The van der Waals surface area contributed by atoms with Gasteiger partial charge in [0.05, 0.1) is 13.2 Å². The second-order valence-corrected chi connectivity index (χ2v) is 2.38. The Morgan fingerprint density at radius 3 is 2.50 bits per heavy atom. The number of epoxide rings is 1. The molecule has 1 N–H and O–H groups in total. The summed E-state index contributed by atoms with van der Waals surface area (Å²) in [5.41, 5.74) is -0.102. The van der Waals surface area contributed by atoms with Crippen LogP contribution >= 0.6 is 0 Å². The van der Waals surface area contributed by atoms with E-state index in [4.69, 9.17) is 9.84 Å². The van der Waals surface area contributed by atoms with Crippen LogP contribution in [0.3, 0.4) is 0 Å². The maximum atomic E-state index is 8.66. The zero-order chi connectivity index (χ0) is 6.04. The summed E-state index contributed by atoms with van der Waals surface area (Å²) in [6.07, 6.45) is 2.10. The minimum Gasteiger partial charge on any atom is -0.393 e. The Bertz CT molecular complexity index is 76.6. The van der Waals surface area contributed by atoms with Crippen LogP contribution in [-0.2, 0) is 4.74 Å². The summed E-state index contributed by atoms with van der Waals surface area (Å²) < 4.78 is 5.04. The van der Waals surface area contributed by atoms with Crippen molar-refractivity contribution in [2.75, 3.05) is 13.2 Å². The van der Waals surface area contributed by atoms with Gasteiger partial charge in [-0.15, -0.1) is 0 Å². The van der Waals surface area contributed by atoms with Crippen LogP contribution in [-0.4, -0.2) is 23.9 Å². The summed E-state index contributed by atoms with van der Waals surface area (Å²) in [4.78, 5) is 0. The molecule has 1 saturated heterocycles. The van der Waals surface area contributed by atoms with Crippen LogP contribution in [0.25, 0.3) is 0 Å². The summed E-state index contributed by atoms with van der Waals surface area (Å²) in [6, 6.07) is 0. The first-order valence-corrected chi connectivity index (χ1v) is 3.08. The van der Waals surface area contributed by atoms with Crippen molar-refractivity contribution in [3.8, 4) is 0 Å². The Labute approximate surface area is 49.5 Å². The van der Waals surface area contributed by atoms with Gasteiger partial charge in [0.2, 0.25) is 0 Å². The second kappa shape index (κ2) is 2.03. The van der Waals surface area contributed by atoms with E-state index in [0.29, 0.717) is 0 Å². The molecular weight excluding hydrogens is 104 g/mol. The molecule has 0 spiro atoms. The molecule has 2 nitrogen and oxygen atoms in total. The highest BCUT2D eigenvalue weighted by Gasteiger charge is 2.42. The molecule has 0 saturated carbocycles. The summed E-state index contributed by atoms with van der Waals surface area (Å²) in [5.74, 6) is 0. The van der Waals surface area contributed by atoms with Gasteiger partial charge in [-0.3, -0.25) is 0 Å². The molecule has 1 rings (SSSR count). The van der Waals surface area contributed by atoms with E-state index in [-0.39, 0.29) is 12.2 Å². The van der Waals surface area contributed by atoms with Crippen molar-refractivity contribution in [3.63, 3.8) is 0 Å². The highest BCUT2D eigenvalue weighted by atomic mass is 16.6. The van der Waals surface area contributed by atoms with E-state index in [0.717, 1.165) is 19.4 Å². The average molecular weight is 116 g/mol. The van der Waals surface area contributed by atoms with E-state index in [1.165, 1.54) is 0 Å². The lowest BCUT2D eigenvalue weighted by Crippen LogP contribution is -2.15. The summed E-state index contributed by atoms with van der Waals surface area (Å²) in [5, 5.41) is 8.66. The maximum absolute atomic E-state index is 8.66. The van der Waals surface area contributed by atoms with Gasteiger partial charge in [-0.25, -0.2) is 0 Å². The first-order valence-electron chi connectivity index (χ1n) is 3.08. The van der Waals surface area contributed by atoms with Crippen LogP contribution in [0.4, 0.5) is 0 Å². The van der Waals surface area contributed by atoms with E-state index in [1.54, 1.807) is 0 Å². The van der Waals surface area contributed by atoms with Crippen LogP contribution in [0.2, 0.25) is 0 Å². The third-order valence-electron chi connectivity index (χ3n) is 1.55. The van der Waals surface area contributed by atoms with Gasteiger partial charge in [0.15, 0.2) is 0 Å². The van der Waals surface area contributed by atoms with E-state index in [1.807, 2.05) is 0 Å². The molecule has 0 bridgehead atoms. The molecule has 48 valence electrons. The molecule has 0 radical (unpaired) electrons. The van der Waals surface area contributed by atoms with Crippen molar-refractivity contribution < 1.29 is 9.84 Å². The van der Waals surface area contributed by atoms with Crippen molar-refractivity contribution >= 4 is 0 Å². The maximum Gasteiger partial charge on any atom is 0.114 e. The number of hydrogen-bond donors (Lipinski definition) is 1. The lowest BCUT2D eigenvalue weighted by molar-refractivity contribution is 0.163. The Hall–Kier alpha value is -0.0800. The summed E-state index contributed by atoms with van der Waals surface area (Å²) >= 11 is 0. The molecule has 0 amide bonds. The fourth-order valence-corrected chi connectivity index (χ4v) is 0.872. The molecule has 1 aliphatic heterocycles. The number of aliphatic hydroxyl groups is 1. The van der Waals surface area contributed by atoms with Gasteiger partial charge in [-0.05, 0) is 6.42 Å². The predicted octanol–water partition coefficient (Wildman–Crippen LogP) is 0.548. The molecule has 8 heavy (non-hydrogen) atoms. The zero-order valence-corrected chi connectivity index (χ0v) is 5.18. The Morgan fingerprint density at radius 1 is 1.75 bits per heavy atom. The normalized spacial score (nSPS) is 35.2. The van der Waals surface area contributed by atoms with Crippen LogP contribution in [0.1, 0.15) is 19.8 Å². The molecular formula is C6H12O2. The lowest BCUT2D eigenvalue weighted by atomic mass is 10.1. The van der Waals surface area contributed by atoms with Gasteiger partial charge in [0.1, 0.15) is 5.60 Å². The van der Waals surface area contributed by atoms with Crippen LogP contribution < -0.4 is 0 Å². The lowest BCUT2D eigenvalue weighted by Gasteiger charge is -2.02. The minimum absolute atomic E-state index is 0.102. The number of aliphatic hydroxyl groups excluding tert-OH is 1. The topological polar surface area (TPSA) is 32.8 Å². The second-order valence-electron chi connectivity index (χ2n) is 2.38. The van der Waals surface area contributed by atoms with Crippen molar-refractivity contribution in [2.45, 2.75) is 25.4 Å². The van der Waals surface area contributed by atoms with Crippen LogP contribution in [0.5, 0.6) is 0 Å². The van der Waals surface area contributed by atoms with Crippen molar-refractivity contribution in [1.82, 2.24) is 0 Å². The monoisotopic (exact) mass is 116 g/mol. The standard InChI is InChI=1S/C6H12O2/c1-2-3-6(4-7)5-8-6/h7H,2-5H2,1H3. The number of rotatable bonds is 3. The highest BCUT2D eigenvalue weighted by Crippen LogP contribution is 2.30. The van der Waals surface area contributed by atoms with Crippen molar-refractivity contribution in [2.24, 2.45) is 0 Å². The fourth-order valence-electron chi connectivity index (χ4n) is 0.872. The van der Waals surface area contributed by atoms with E-state index in [2.05, 4.69) is 6.92 Å². The third-order valence-corrected chi connectivity index (χ3v) is 1.55. The molecule has 1 fully saturated rings. The van der Waals surface area contributed by atoms with Gasteiger partial charge in [-0.2, -0.15) is 0 Å². The Morgan fingerprint density at radius 2 is 2.38 bits per heavy atom. The molecule has 1 heterocycles. The summed E-state index contributed by atoms with van der Waals surface area (Å²) in [6.45, 7) is 3.05. The third kappa shape index (κ3) is 1.01. The molecule has 2 heteroatoms. The van der Waals surface area contributed by atoms with Gasteiger partial charge in [0.25, 0.3) is 0 Å². The Balaban J connectivity index is 2.20. The zero-order valence-electron chi connectivity index (χ0n) is 5.18. The first kappa shape index (κ1) is 6.05. The summed E-state index contributed by atoms with van der Waals surface area (Å²) in [7, 11) is 0. The van der Waals surface area contributed by atoms with Crippen LogP contribution in [0.15, 0.2) is 0 Å². The number of hydrogen-bond acceptors (Lipinski definition) is 2. The smallest absolute Gasteiger partial charge is 0.114 e. The van der Waals surface area contributed by atoms with Gasteiger partial charge < -0.3 is 9.84 Å². The first-order chi connectivity index (χ1) is 3.83. The SMILES string of the molecule is CCCC1(CO)CO1. The fraction of sp³-hybridized carbons (Fsp3) is 1.00. The quantitative estimate of drug-likeness (QED) is 0.546. The molecule has 1 atom stereocenters.